The van der Waals surface area contributed by atoms with Gasteiger partial charge in [-0.05, 0) is 36.1 Å². The lowest BCUT2D eigenvalue weighted by Gasteiger charge is -2.33. The summed E-state index contributed by atoms with van der Waals surface area (Å²) >= 11 is 0. The molecule has 2 atom stereocenters. The number of carboxylic acids is 1. The molecule has 0 saturated carbocycles. The number of hydrogen-bond acceptors (Lipinski definition) is 7. The topological polar surface area (TPSA) is 102 Å². The zero-order valence-corrected chi connectivity index (χ0v) is 21.2. The van der Waals surface area contributed by atoms with Gasteiger partial charge in [0.05, 0.1) is 12.6 Å². The average molecular weight is 507 g/mol. The first kappa shape index (κ1) is 25.4. The fourth-order valence-corrected chi connectivity index (χ4v) is 5.61. The van der Waals surface area contributed by atoms with Gasteiger partial charge in [-0.1, -0.05) is 36.4 Å². The van der Waals surface area contributed by atoms with Gasteiger partial charge in [0.1, 0.15) is 12.4 Å². The second-order valence-electron chi connectivity index (χ2n) is 10.2. The van der Waals surface area contributed by atoms with Crippen LogP contribution in [-0.4, -0.2) is 76.4 Å². The number of carboxylic acid groups (broad SMARTS) is 1. The summed E-state index contributed by atoms with van der Waals surface area (Å²) in [5.41, 5.74) is 4.59. The molecule has 5 rings (SSSR count). The van der Waals surface area contributed by atoms with Crippen LogP contribution in [0.4, 0.5) is 0 Å². The minimum atomic E-state index is -0.770. The first-order valence-electron chi connectivity index (χ1n) is 13.0. The fraction of sp³-hybridized carbons (Fsp3) is 0.464. The Balaban J connectivity index is 1.16. The summed E-state index contributed by atoms with van der Waals surface area (Å²) in [6.07, 6.45) is 0.916. The number of piperazine rings is 1. The number of ether oxygens (including phenoxy) is 1. The summed E-state index contributed by atoms with van der Waals surface area (Å²) in [6.45, 7) is 7.43. The van der Waals surface area contributed by atoms with E-state index in [0.29, 0.717) is 26.0 Å². The number of nitrogens with zero attached hydrogens (tertiary/aromatic N) is 3. The van der Waals surface area contributed by atoms with Gasteiger partial charge in [-0.15, -0.1) is 0 Å². The summed E-state index contributed by atoms with van der Waals surface area (Å²) in [6, 6.07) is 14.3. The molecule has 0 aromatic heterocycles. The average Bonchev–Trinajstić information content (AvgIpc) is 3.21. The molecule has 2 amide bonds. The van der Waals surface area contributed by atoms with Crippen LogP contribution in [-0.2, 0) is 34.1 Å². The van der Waals surface area contributed by atoms with E-state index >= 15 is 0 Å². The van der Waals surface area contributed by atoms with Crippen LogP contribution in [0.25, 0.3) is 0 Å². The van der Waals surface area contributed by atoms with Crippen LogP contribution in [0.1, 0.15) is 48.1 Å². The number of fused-ring (bicyclic) bond motifs is 1. The molecule has 3 aliphatic rings. The van der Waals surface area contributed by atoms with Crippen molar-refractivity contribution in [2.24, 2.45) is 0 Å². The standard InChI is InChI=1S/C28H34N4O5/c1-19-22-3-2-4-25(23(22)16-32(19)24-9-10-26(33)29-28(24)36)37-18-21-7-5-20(6-8-21)15-30-11-13-31(14-12-30)17-27(34)35/h2-8,19,24H,9-18H2,1H3,(H,34,35)(H,29,33,36). The van der Waals surface area contributed by atoms with Gasteiger partial charge >= 0.3 is 5.97 Å². The van der Waals surface area contributed by atoms with Gasteiger partial charge in [0.15, 0.2) is 0 Å². The lowest BCUT2D eigenvalue weighted by atomic mass is 10.0. The van der Waals surface area contributed by atoms with Crippen molar-refractivity contribution in [2.45, 2.75) is 51.5 Å². The number of rotatable bonds is 8. The quantitative estimate of drug-likeness (QED) is 0.525. The molecule has 2 saturated heterocycles. The van der Waals surface area contributed by atoms with Crippen molar-refractivity contribution in [3.8, 4) is 5.75 Å². The van der Waals surface area contributed by atoms with Gasteiger partial charge in [0, 0.05) is 57.3 Å². The van der Waals surface area contributed by atoms with E-state index in [1.807, 2.05) is 17.0 Å². The zero-order chi connectivity index (χ0) is 25.9. The van der Waals surface area contributed by atoms with Gasteiger partial charge in [-0.25, -0.2) is 0 Å². The number of carbonyl (C=O) groups is 3. The van der Waals surface area contributed by atoms with Crippen molar-refractivity contribution in [1.29, 1.82) is 0 Å². The molecular formula is C28H34N4O5. The number of nitrogens with one attached hydrogen (secondary N) is 1. The van der Waals surface area contributed by atoms with E-state index in [2.05, 4.69) is 52.4 Å². The highest BCUT2D eigenvalue weighted by Crippen LogP contribution is 2.40. The number of carbonyl (C=O) groups excluding carboxylic acids is 2. The number of amides is 2. The second kappa shape index (κ2) is 11.0. The summed E-state index contributed by atoms with van der Waals surface area (Å²) in [4.78, 5) is 41.4. The third kappa shape index (κ3) is 5.84. The molecule has 2 fully saturated rings. The highest BCUT2D eigenvalue weighted by atomic mass is 16.5. The molecule has 0 aliphatic carbocycles. The first-order chi connectivity index (χ1) is 17.9. The third-order valence-electron chi connectivity index (χ3n) is 7.72. The van der Waals surface area contributed by atoms with Gasteiger partial charge in [-0.2, -0.15) is 0 Å². The van der Waals surface area contributed by atoms with Gasteiger partial charge in [0.2, 0.25) is 11.8 Å². The predicted molar refractivity (Wildman–Crippen MR) is 137 cm³/mol. The molecule has 9 heteroatoms. The lowest BCUT2D eigenvalue weighted by molar-refractivity contribution is -0.139. The van der Waals surface area contributed by atoms with Crippen LogP contribution in [0.2, 0.25) is 0 Å². The Labute approximate surface area is 217 Å². The molecule has 37 heavy (non-hydrogen) atoms. The number of imide groups is 1. The van der Waals surface area contributed by atoms with Crippen LogP contribution in [0.5, 0.6) is 5.75 Å². The molecule has 0 radical (unpaired) electrons. The van der Waals surface area contributed by atoms with Crippen molar-refractivity contribution in [3.63, 3.8) is 0 Å². The molecule has 2 aromatic carbocycles. The van der Waals surface area contributed by atoms with E-state index in [9.17, 15) is 14.4 Å². The zero-order valence-electron chi connectivity index (χ0n) is 21.2. The van der Waals surface area contributed by atoms with Crippen molar-refractivity contribution in [3.05, 3.63) is 64.7 Å². The summed E-state index contributed by atoms with van der Waals surface area (Å²) < 4.78 is 6.25. The monoisotopic (exact) mass is 506 g/mol. The number of aliphatic carboxylic acids is 1. The summed E-state index contributed by atoms with van der Waals surface area (Å²) in [5.74, 6) is -0.338. The van der Waals surface area contributed by atoms with Gasteiger partial charge in [0.25, 0.3) is 0 Å². The van der Waals surface area contributed by atoms with E-state index < -0.39 is 5.97 Å². The van der Waals surface area contributed by atoms with Crippen molar-refractivity contribution in [2.75, 3.05) is 32.7 Å². The Hall–Kier alpha value is -3.27. The molecular weight excluding hydrogens is 472 g/mol. The van der Waals surface area contributed by atoms with E-state index in [0.717, 1.165) is 49.6 Å². The molecule has 0 spiro atoms. The van der Waals surface area contributed by atoms with Crippen molar-refractivity contribution in [1.82, 2.24) is 20.0 Å². The van der Waals surface area contributed by atoms with E-state index in [1.54, 1.807) is 0 Å². The molecule has 2 N–H and O–H groups in total. The largest absolute Gasteiger partial charge is 0.489 e. The highest BCUT2D eigenvalue weighted by Gasteiger charge is 2.39. The van der Waals surface area contributed by atoms with E-state index in [4.69, 9.17) is 9.84 Å². The molecule has 2 aromatic rings. The Morgan fingerprint density at radius 3 is 2.43 bits per heavy atom. The van der Waals surface area contributed by atoms with E-state index in [-0.39, 0.29) is 30.4 Å². The molecule has 2 unspecified atom stereocenters. The number of piperidine rings is 1. The SMILES string of the molecule is CC1c2cccc(OCc3ccc(CN4CCN(CC(=O)O)CC4)cc3)c2CN1C1CCC(=O)NC1=O. The number of hydrogen-bond donors (Lipinski definition) is 2. The lowest BCUT2D eigenvalue weighted by Crippen LogP contribution is -2.51. The molecule has 0 bridgehead atoms. The predicted octanol–water partition coefficient (Wildman–Crippen LogP) is 2.15. The molecule has 196 valence electrons. The fourth-order valence-electron chi connectivity index (χ4n) is 5.61. The van der Waals surface area contributed by atoms with Gasteiger partial charge in [-0.3, -0.25) is 34.4 Å². The van der Waals surface area contributed by atoms with Crippen molar-refractivity contribution >= 4 is 17.8 Å². The van der Waals surface area contributed by atoms with Crippen LogP contribution < -0.4 is 10.1 Å². The van der Waals surface area contributed by atoms with Crippen LogP contribution in [0, 0.1) is 0 Å². The van der Waals surface area contributed by atoms with Gasteiger partial charge < -0.3 is 9.84 Å². The summed E-state index contributed by atoms with van der Waals surface area (Å²) in [7, 11) is 0. The smallest absolute Gasteiger partial charge is 0.317 e. The Morgan fingerprint density at radius 1 is 1.03 bits per heavy atom. The highest BCUT2D eigenvalue weighted by molar-refractivity contribution is 6.00. The van der Waals surface area contributed by atoms with Crippen LogP contribution in [0.15, 0.2) is 42.5 Å². The Kier molecular flexibility index (Phi) is 7.55. The minimum Gasteiger partial charge on any atom is -0.489 e. The third-order valence-corrected chi connectivity index (χ3v) is 7.72. The molecule has 3 aliphatic heterocycles. The normalized spacial score (nSPS) is 23.1. The van der Waals surface area contributed by atoms with Crippen molar-refractivity contribution < 1.29 is 24.2 Å². The Bertz CT molecular complexity index is 1160. The maximum Gasteiger partial charge on any atom is 0.317 e. The molecule has 3 heterocycles. The van der Waals surface area contributed by atoms with Crippen LogP contribution in [0.3, 0.4) is 0 Å². The van der Waals surface area contributed by atoms with Crippen LogP contribution >= 0.6 is 0 Å². The number of benzene rings is 2. The maximum absolute atomic E-state index is 12.5. The second-order valence-corrected chi connectivity index (χ2v) is 10.2. The Morgan fingerprint density at radius 2 is 1.73 bits per heavy atom. The van der Waals surface area contributed by atoms with E-state index in [1.165, 1.54) is 11.1 Å². The molecule has 9 nitrogen and oxygen atoms in total. The first-order valence-corrected chi connectivity index (χ1v) is 13.0. The maximum atomic E-state index is 12.5. The summed E-state index contributed by atoms with van der Waals surface area (Å²) in [5, 5.41) is 11.4. The minimum absolute atomic E-state index is 0.0766.